The molecule has 1 aliphatic heterocycles. The van der Waals surface area contributed by atoms with E-state index in [1.54, 1.807) is 16.4 Å². The van der Waals surface area contributed by atoms with Gasteiger partial charge in [0, 0.05) is 51.9 Å². The number of sulfonamides is 1. The van der Waals surface area contributed by atoms with Crippen molar-refractivity contribution in [3.8, 4) is 5.75 Å². The van der Waals surface area contributed by atoms with Crippen LogP contribution in [0, 0.1) is 5.92 Å². The van der Waals surface area contributed by atoms with Gasteiger partial charge in [-0.2, -0.15) is 4.31 Å². The lowest BCUT2D eigenvalue weighted by Crippen LogP contribution is -2.53. The van der Waals surface area contributed by atoms with Crippen molar-refractivity contribution in [3.63, 3.8) is 0 Å². The molecule has 1 saturated heterocycles. The van der Waals surface area contributed by atoms with Gasteiger partial charge in [-0.15, -0.1) is 0 Å². The van der Waals surface area contributed by atoms with Gasteiger partial charge < -0.3 is 9.84 Å². The van der Waals surface area contributed by atoms with E-state index in [-0.39, 0.29) is 17.5 Å². The second kappa shape index (κ2) is 12.7. The largest absolute Gasteiger partial charge is 0.508 e. The van der Waals surface area contributed by atoms with Gasteiger partial charge >= 0.3 is 0 Å². The van der Waals surface area contributed by atoms with Crippen LogP contribution in [-0.4, -0.2) is 86.7 Å². The van der Waals surface area contributed by atoms with Crippen molar-refractivity contribution >= 4 is 10.0 Å². The topological polar surface area (TPSA) is 73.3 Å². The van der Waals surface area contributed by atoms with Crippen LogP contribution in [-0.2, 0) is 27.1 Å². The van der Waals surface area contributed by atoms with Crippen LogP contribution in [0.25, 0.3) is 0 Å². The van der Waals surface area contributed by atoms with Crippen LogP contribution in [0.2, 0.25) is 0 Å². The fraction of sp³-hybridized carbons (Fsp3) is 0.538. The van der Waals surface area contributed by atoms with E-state index in [4.69, 9.17) is 4.74 Å². The molecule has 0 radical (unpaired) electrons. The Morgan fingerprint density at radius 3 is 2.21 bits per heavy atom. The molecule has 8 heteroatoms. The first-order chi connectivity index (χ1) is 16.2. The minimum atomic E-state index is -3.39. The summed E-state index contributed by atoms with van der Waals surface area (Å²) < 4.78 is 33.4. The number of hydrogen-bond acceptors (Lipinski definition) is 6. The smallest absolute Gasteiger partial charge is 0.218 e. The molecule has 0 spiro atoms. The maximum atomic E-state index is 12.9. The summed E-state index contributed by atoms with van der Waals surface area (Å²) in [4.78, 5) is 4.68. The highest BCUT2D eigenvalue weighted by atomic mass is 32.2. The summed E-state index contributed by atoms with van der Waals surface area (Å²) in [6.07, 6.45) is 0. The first-order valence-corrected chi connectivity index (χ1v) is 13.6. The third-order valence-corrected chi connectivity index (χ3v) is 7.99. The number of ether oxygens (including phenoxy) is 1. The number of benzene rings is 2. The van der Waals surface area contributed by atoms with Crippen molar-refractivity contribution in [1.82, 2.24) is 14.1 Å². The van der Waals surface area contributed by atoms with Crippen LogP contribution in [0.3, 0.4) is 0 Å². The Morgan fingerprint density at radius 1 is 0.941 bits per heavy atom. The molecule has 2 aromatic rings. The van der Waals surface area contributed by atoms with E-state index in [2.05, 4.69) is 55.0 Å². The summed E-state index contributed by atoms with van der Waals surface area (Å²) in [5, 5.41) is 9.43. The van der Waals surface area contributed by atoms with Crippen LogP contribution in [0.4, 0.5) is 0 Å². The normalized spacial score (nSPS) is 16.9. The second-order valence-electron chi connectivity index (χ2n) is 9.61. The fourth-order valence-corrected chi connectivity index (χ4v) is 5.66. The molecule has 1 aliphatic rings. The van der Waals surface area contributed by atoms with E-state index in [0.717, 1.165) is 19.7 Å². The van der Waals surface area contributed by atoms with E-state index in [1.807, 2.05) is 6.07 Å². The van der Waals surface area contributed by atoms with Gasteiger partial charge in [0.1, 0.15) is 5.75 Å². The lowest BCUT2D eigenvalue weighted by molar-refractivity contribution is 0.0320. The average Bonchev–Trinajstić information content (AvgIpc) is 2.80. The van der Waals surface area contributed by atoms with E-state index < -0.39 is 10.0 Å². The predicted molar refractivity (Wildman–Crippen MR) is 136 cm³/mol. The molecular weight excluding hydrogens is 450 g/mol. The molecule has 0 aliphatic carbocycles. The number of hydrogen-bond donors (Lipinski definition) is 1. The van der Waals surface area contributed by atoms with Crippen molar-refractivity contribution in [2.45, 2.75) is 32.2 Å². The van der Waals surface area contributed by atoms with Gasteiger partial charge in [-0.3, -0.25) is 9.80 Å². The first kappa shape index (κ1) is 26.6. The van der Waals surface area contributed by atoms with Crippen LogP contribution >= 0.6 is 0 Å². The zero-order valence-electron chi connectivity index (χ0n) is 20.6. The Balaban J connectivity index is 1.55. The van der Waals surface area contributed by atoms with Gasteiger partial charge in [0.25, 0.3) is 0 Å². The Hall–Kier alpha value is -1.97. The SMILES string of the molecule is CC(C)COCC(CN1CCN(S(=O)(=O)Cc2ccc(O)cc2)CC1)N(C)Cc1ccccc1. The molecule has 0 aromatic heterocycles. The Bertz CT molecular complexity index is 959. The summed E-state index contributed by atoms with van der Waals surface area (Å²) in [6.45, 7) is 9.76. The lowest BCUT2D eigenvalue weighted by Gasteiger charge is -2.38. The molecular formula is C26H39N3O4S. The quantitative estimate of drug-likeness (QED) is 0.494. The molecule has 0 amide bonds. The standard InChI is InChI=1S/C26H39N3O4S/c1-22(2)19-33-20-25(27(3)17-23-7-5-4-6-8-23)18-28-13-15-29(16-14-28)34(31,32)21-24-9-11-26(30)12-10-24/h4-12,22,25,30H,13-21H2,1-3H3. The van der Waals surface area contributed by atoms with E-state index in [9.17, 15) is 13.5 Å². The Labute approximate surface area is 205 Å². The number of phenolic OH excluding ortho intramolecular Hbond substituents is 1. The van der Waals surface area contributed by atoms with Crippen molar-refractivity contribution in [1.29, 1.82) is 0 Å². The summed E-state index contributed by atoms with van der Waals surface area (Å²) in [5.74, 6) is 0.583. The van der Waals surface area contributed by atoms with Crippen LogP contribution < -0.4 is 0 Å². The zero-order chi connectivity index (χ0) is 24.6. The number of nitrogens with zero attached hydrogens (tertiary/aromatic N) is 3. The third-order valence-electron chi connectivity index (χ3n) is 6.14. The van der Waals surface area contributed by atoms with E-state index in [0.29, 0.717) is 44.3 Å². The van der Waals surface area contributed by atoms with Crippen molar-refractivity contribution in [2.75, 3.05) is 53.0 Å². The monoisotopic (exact) mass is 489 g/mol. The highest BCUT2D eigenvalue weighted by molar-refractivity contribution is 7.88. The molecule has 34 heavy (non-hydrogen) atoms. The molecule has 1 heterocycles. The van der Waals surface area contributed by atoms with E-state index >= 15 is 0 Å². The molecule has 1 N–H and O–H groups in total. The van der Waals surface area contributed by atoms with Gasteiger partial charge in [0.15, 0.2) is 0 Å². The molecule has 2 aromatic carbocycles. The first-order valence-electron chi connectivity index (χ1n) is 12.0. The molecule has 0 bridgehead atoms. The third kappa shape index (κ3) is 8.36. The minimum absolute atomic E-state index is 0.0429. The van der Waals surface area contributed by atoms with Gasteiger partial charge in [0.2, 0.25) is 10.0 Å². The van der Waals surface area contributed by atoms with Crippen LogP contribution in [0.15, 0.2) is 54.6 Å². The average molecular weight is 490 g/mol. The summed E-state index contributed by atoms with van der Waals surface area (Å²) in [5.41, 5.74) is 1.95. The molecule has 3 rings (SSSR count). The highest BCUT2D eigenvalue weighted by Gasteiger charge is 2.29. The van der Waals surface area contributed by atoms with Crippen molar-refractivity contribution in [2.24, 2.45) is 5.92 Å². The highest BCUT2D eigenvalue weighted by Crippen LogP contribution is 2.17. The predicted octanol–water partition coefficient (Wildman–Crippen LogP) is 3.01. The summed E-state index contributed by atoms with van der Waals surface area (Å²) in [6, 6.07) is 17.0. The van der Waals surface area contributed by atoms with E-state index in [1.165, 1.54) is 17.7 Å². The fourth-order valence-electron chi connectivity index (χ4n) is 4.14. The molecule has 0 saturated carbocycles. The number of rotatable bonds is 12. The Kier molecular flexibility index (Phi) is 9.91. The van der Waals surface area contributed by atoms with Crippen molar-refractivity contribution in [3.05, 3.63) is 65.7 Å². The van der Waals surface area contributed by atoms with Gasteiger partial charge in [-0.05, 0) is 36.2 Å². The van der Waals surface area contributed by atoms with Crippen LogP contribution in [0.1, 0.15) is 25.0 Å². The molecule has 188 valence electrons. The maximum absolute atomic E-state index is 12.9. The summed E-state index contributed by atoms with van der Waals surface area (Å²) in [7, 11) is -1.26. The van der Waals surface area contributed by atoms with Crippen LogP contribution in [0.5, 0.6) is 5.75 Å². The number of piperazine rings is 1. The maximum Gasteiger partial charge on any atom is 0.218 e. The van der Waals surface area contributed by atoms with Gasteiger partial charge in [0.05, 0.1) is 12.4 Å². The van der Waals surface area contributed by atoms with Crippen molar-refractivity contribution < 1.29 is 18.3 Å². The molecule has 1 unspecified atom stereocenters. The second-order valence-corrected chi connectivity index (χ2v) is 11.6. The summed E-state index contributed by atoms with van der Waals surface area (Å²) >= 11 is 0. The molecule has 7 nitrogen and oxygen atoms in total. The lowest BCUT2D eigenvalue weighted by atomic mass is 10.1. The van der Waals surface area contributed by atoms with Gasteiger partial charge in [-0.25, -0.2) is 8.42 Å². The zero-order valence-corrected chi connectivity index (χ0v) is 21.5. The number of likely N-dealkylation sites (N-methyl/N-ethyl adjacent to an activating group) is 1. The number of phenols is 1. The molecule has 1 fully saturated rings. The van der Waals surface area contributed by atoms with Gasteiger partial charge in [-0.1, -0.05) is 56.3 Å². The minimum Gasteiger partial charge on any atom is -0.508 e. The number of aromatic hydroxyl groups is 1. The Morgan fingerprint density at radius 2 is 1.59 bits per heavy atom. The molecule has 1 atom stereocenters.